The van der Waals surface area contributed by atoms with Gasteiger partial charge in [0.05, 0.1) is 11.3 Å². The van der Waals surface area contributed by atoms with Crippen molar-refractivity contribution >= 4 is 21.6 Å². The van der Waals surface area contributed by atoms with Crippen molar-refractivity contribution in [1.82, 2.24) is 4.72 Å². The van der Waals surface area contributed by atoms with E-state index in [-0.39, 0.29) is 17.3 Å². The largest absolute Gasteiger partial charge is 0.326 e. The van der Waals surface area contributed by atoms with Crippen molar-refractivity contribution < 1.29 is 13.2 Å². The third-order valence-corrected chi connectivity index (χ3v) is 5.32. The fourth-order valence-electron chi connectivity index (χ4n) is 2.56. The van der Waals surface area contributed by atoms with Gasteiger partial charge in [0.25, 0.3) is 0 Å². The van der Waals surface area contributed by atoms with Crippen molar-refractivity contribution in [3.05, 3.63) is 59.2 Å². The summed E-state index contributed by atoms with van der Waals surface area (Å²) in [5, 5.41) is 2.76. The standard InChI is InChI=1S/C17H18N2O3S/c1-2-12-3-6-15(7-4-12)23(21,22)18-11-13-5-8-16-14(9-13)10-17(20)19-16/h3-9,18H,2,10-11H2,1H3,(H,19,20). The first-order chi connectivity index (χ1) is 11.0. The van der Waals surface area contributed by atoms with Crippen LogP contribution >= 0.6 is 0 Å². The Hall–Kier alpha value is -2.18. The molecular weight excluding hydrogens is 312 g/mol. The summed E-state index contributed by atoms with van der Waals surface area (Å²) in [5.41, 5.74) is 3.63. The average molecular weight is 330 g/mol. The summed E-state index contributed by atoms with van der Waals surface area (Å²) in [4.78, 5) is 11.6. The molecule has 0 saturated heterocycles. The van der Waals surface area contributed by atoms with Crippen LogP contribution < -0.4 is 10.0 Å². The lowest BCUT2D eigenvalue weighted by Crippen LogP contribution is -2.23. The second-order valence-corrected chi connectivity index (χ2v) is 7.31. The summed E-state index contributed by atoms with van der Waals surface area (Å²) in [6, 6.07) is 12.4. The predicted octanol–water partition coefficient (Wildman–Crippen LogP) is 2.22. The van der Waals surface area contributed by atoms with Gasteiger partial charge in [-0.25, -0.2) is 13.1 Å². The van der Waals surface area contributed by atoms with Crippen LogP contribution in [-0.4, -0.2) is 14.3 Å². The minimum Gasteiger partial charge on any atom is -0.326 e. The van der Waals surface area contributed by atoms with Crippen LogP contribution in [0.1, 0.15) is 23.6 Å². The number of rotatable bonds is 5. The number of hydrogen-bond donors (Lipinski definition) is 2. The fraction of sp³-hybridized carbons (Fsp3) is 0.235. The zero-order valence-electron chi connectivity index (χ0n) is 12.8. The first-order valence-corrected chi connectivity index (χ1v) is 8.96. The Morgan fingerprint density at radius 1 is 1.09 bits per heavy atom. The van der Waals surface area contributed by atoms with E-state index >= 15 is 0 Å². The molecule has 2 aromatic rings. The summed E-state index contributed by atoms with van der Waals surface area (Å²) in [6.45, 7) is 2.22. The SMILES string of the molecule is CCc1ccc(S(=O)(=O)NCc2ccc3c(c2)CC(=O)N3)cc1. The van der Waals surface area contributed by atoms with Crippen molar-refractivity contribution in [2.45, 2.75) is 31.2 Å². The molecule has 23 heavy (non-hydrogen) atoms. The summed E-state index contributed by atoms with van der Waals surface area (Å²) in [7, 11) is -3.54. The second kappa shape index (κ2) is 6.14. The topological polar surface area (TPSA) is 75.3 Å². The molecule has 1 aliphatic heterocycles. The van der Waals surface area contributed by atoms with E-state index in [1.807, 2.05) is 31.2 Å². The molecule has 2 aromatic carbocycles. The smallest absolute Gasteiger partial charge is 0.240 e. The maximum absolute atomic E-state index is 12.3. The highest BCUT2D eigenvalue weighted by molar-refractivity contribution is 7.89. The Kier molecular flexibility index (Phi) is 4.19. The van der Waals surface area contributed by atoms with Gasteiger partial charge in [-0.3, -0.25) is 4.79 Å². The number of benzene rings is 2. The Morgan fingerprint density at radius 3 is 2.48 bits per heavy atom. The van der Waals surface area contributed by atoms with Gasteiger partial charge >= 0.3 is 0 Å². The first kappa shape index (κ1) is 15.7. The number of fused-ring (bicyclic) bond motifs is 1. The number of nitrogens with one attached hydrogen (secondary N) is 2. The maximum atomic E-state index is 12.3. The molecule has 3 rings (SSSR count). The molecule has 1 aliphatic rings. The van der Waals surface area contributed by atoms with E-state index in [9.17, 15) is 13.2 Å². The fourth-order valence-corrected chi connectivity index (χ4v) is 3.58. The molecule has 0 radical (unpaired) electrons. The number of aryl methyl sites for hydroxylation is 1. The molecule has 0 bridgehead atoms. The normalized spacial score (nSPS) is 13.7. The lowest BCUT2D eigenvalue weighted by molar-refractivity contribution is -0.115. The summed E-state index contributed by atoms with van der Waals surface area (Å²) >= 11 is 0. The van der Waals surface area contributed by atoms with Gasteiger partial charge in [-0.15, -0.1) is 0 Å². The number of carbonyl (C=O) groups excluding carboxylic acids is 1. The van der Waals surface area contributed by atoms with Crippen LogP contribution in [0.2, 0.25) is 0 Å². The zero-order chi connectivity index (χ0) is 16.4. The molecule has 120 valence electrons. The highest BCUT2D eigenvalue weighted by Crippen LogP contribution is 2.24. The van der Waals surface area contributed by atoms with Gasteiger partial charge in [0, 0.05) is 12.2 Å². The highest BCUT2D eigenvalue weighted by Gasteiger charge is 2.18. The minimum absolute atomic E-state index is 0.0336. The molecule has 0 aliphatic carbocycles. The first-order valence-electron chi connectivity index (χ1n) is 7.48. The van der Waals surface area contributed by atoms with Gasteiger partial charge in [-0.05, 0) is 41.3 Å². The van der Waals surface area contributed by atoms with Crippen molar-refractivity contribution in [2.24, 2.45) is 0 Å². The Morgan fingerprint density at radius 2 is 1.78 bits per heavy atom. The van der Waals surface area contributed by atoms with Crippen molar-refractivity contribution in [3.8, 4) is 0 Å². The third kappa shape index (κ3) is 3.43. The predicted molar refractivity (Wildman–Crippen MR) is 88.6 cm³/mol. The lowest BCUT2D eigenvalue weighted by atomic mass is 10.1. The van der Waals surface area contributed by atoms with E-state index in [1.54, 1.807) is 18.2 Å². The number of sulfonamides is 1. The van der Waals surface area contributed by atoms with Crippen LogP contribution in [0.15, 0.2) is 47.4 Å². The van der Waals surface area contributed by atoms with E-state index in [0.29, 0.717) is 6.42 Å². The molecular formula is C17H18N2O3S. The van der Waals surface area contributed by atoms with E-state index in [2.05, 4.69) is 10.0 Å². The van der Waals surface area contributed by atoms with Crippen LogP contribution in [0.5, 0.6) is 0 Å². The van der Waals surface area contributed by atoms with E-state index in [1.165, 1.54) is 0 Å². The molecule has 5 nitrogen and oxygen atoms in total. The molecule has 0 unspecified atom stereocenters. The Balaban J connectivity index is 1.72. The monoisotopic (exact) mass is 330 g/mol. The van der Waals surface area contributed by atoms with E-state index in [4.69, 9.17) is 0 Å². The molecule has 0 aromatic heterocycles. The number of amides is 1. The molecule has 1 amide bonds. The van der Waals surface area contributed by atoms with Crippen molar-refractivity contribution in [2.75, 3.05) is 5.32 Å². The number of hydrogen-bond acceptors (Lipinski definition) is 3. The van der Waals surface area contributed by atoms with Crippen LogP contribution in [0, 0.1) is 0 Å². The third-order valence-electron chi connectivity index (χ3n) is 3.90. The molecule has 1 heterocycles. The van der Waals surface area contributed by atoms with Gasteiger partial charge in [0.15, 0.2) is 0 Å². The molecule has 0 spiro atoms. The van der Waals surface area contributed by atoms with Crippen molar-refractivity contribution in [1.29, 1.82) is 0 Å². The number of anilines is 1. The lowest BCUT2D eigenvalue weighted by Gasteiger charge is -2.08. The second-order valence-electron chi connectivity index (χ2n) is 5.54. The summed E-state index contributed by atoms with van der Waals surface area (Å²) in [5.74, 6) is -0.0336. The van der Waals surface area contributed by atoms with Crippen LogP contribution in [-0.2, 0) is 34.2 Å². The van der Waals surface area contributed by atoms with Gasteiger partial charge in [0.1, 0.15) is 0 Å². The van der Waals surface area contributed by atoms with Crippen LogP contribution in [0.25, 0.3) is 0 Å². The van der Waals surface area contributed by atoms with Crippen LogP contribution in [0.4, 0.5) is 5.69 Å². The summed E-state index contributed by atoms with van der Waals surface area (Å²) < 4.78 is 27.2. The van der Waals surface area contributed by atoms with Crippen LogP contribution in [0.3, 0.4) is 0 Å². The summed E-state index contributed by atoms with van der Waals surface area (Å²) in [6.07, 6.45) is 1.21. The Labute approximate surface area is 135 Å². The quantitative estimate of drug-likeness (QED) is 0.883. The molecule has 0 saturated carbocycles. The highest BCUT2D eigenvalue weighted by atomic mass is 32.2. The van der Waals surface area contributed by atoms with E-state index < -0.39 is 10.0 Å². The van der Waals surface area contributed by atoms with Gasteiger partial charge in [0.2, 0.25) is 15.9 Å². The van der Waals surface area contributed by atoms with Gasteiger partial charge < -0.3 is 5.32 Å². The Bertz CT molecular complexity index is 843. The molecule has 2 N–H and O–H groups in total. The van der Waals surface area contributed by atoms with Gasteiger partial charge in [-0.2, -0.15) is 0 Å². The molecule has 0 atom stereocenters. The zero-order valence-corrected chi connectivity index (χ0v) is 13.6. The van der Waals surface area contributed by atoms with Gasteiger partial charge in [-0.1, -0.05) is 31.2 Å². The van der Waals surface area contributed by atoms with E-state index in [0.717, 1.165) is 28.8 Å². The molecule has 6 heteroatoms. The average Bonchev–Trinajstić information content (AvgIpc) is 2.92. The molecule has 0 fully saturated rings. The minimum atomic E-state index is -3.54. The van der Waals surface area contributed by atoms with Crippen molar-refractivity contribution in [3.63, 3.8) is 0 Å². The number of carbonyl (C=O) groups is 1. The maximum Gasteiger partial charge on any atom is 0.240 e.